The van der Waals surface area contributed by atoms with E-state index in [4.69, 9.17) is 11.6 Å². The largest absolute Gasteiger partial charge is 0.336 e. The third-order valence-electron chi connectivity index (χ3n) is 5.97. The zero-order valence-electron chi connectivity index (χ0n) is 19.0. The Kier molecular flexibility index (Phi) is 7.34. The number of likely N-dealkylation sites (N-methyl/N-ethyl adjacent to an activating group) is 1. The SMILES string of the molecule is Cc1ccc(N2C(=O)CC[C@@H](C(=O)N(C)CC(=O)Nc3ccccc3Cl)[C@@H]2c2cccs2)cc1. The van der Waals surface area contributed by atoms with Crippen molar-refractivity contribution < 1.29 is 14.4 Å². The molecule has 2 atom stereocenters. The normalized spacial score (nSPS) is 18.0. The maximum Gasteiger partial charge on any atom is 0.244 e. The van der Waals surface area contributed by atoms with Crippen LogP contribution >= 0.6 is 22.9 Å². The van der Waals surface area contributed by atoms with Crippen molar-refractivity contribution in [2.45, 2.75) is 25.8 Å². The highest BCUT2D eigenvalue weighted by Crippen LogP contribution is 2.42. The molecule has 2 heterocycles. The van der Waals surface area contributed by atoms with Crippen LogP contribution in [0, 0.1) is 12.8 Å². The molecule has 0 spiro atoms. The first-order chi connectivity index (χ1) is 16.3. The van der Waals surface area contributed by atoms with Gasteiger partial charge in [-0.05, 0) is 49.1 Å². The van der Waals surface area contributed by atoms with E-state index in [-0.39, 0.29) is 30.7 Å². The number of hydrogen-bond donors (Lipinski definition) is 1. The predicted octanol–water partition coefficient (Wildman–Crippen LogP) is 5.29. The van der Waals surface area contributed by atoms with E-state index in [0.717, 1.165) is 16.1 Å². The molecule has 6 nitrogen and oxygen atoms in total. The van der Waals surface area contributed by atoms with Gasteiger partial charge in [0, 0.05) is 24.0 Å². The van der Waals surface area contributed by atoms with E-state index in [1.165, 1.54) is 16.2 Å². The molecule has 3 amide bonds. The molecule has 8 heteroatoms. The van der Waals surface area contributed by atoms with E-state index in [0.29, 0.717) is 17.1 Å². The lowest BCUT2D eigenvalue weighted by molar-refractivity contribution is -0.139. The summed E-state index contributed by atoms with van der Waals surface area (Å²) in [7, 11) is 1.62. The van der Waals surface area contributed by atoms with E-state index < -0.39 is 12.0 Å². The summed E-state index contributed by atoms with van der Waals surface area (Å²) in [5.41, 5.74) is 2.36. The van der Waals surface area contributed by atoms with Crippen LogP contribution in [0.15, 0.2) is 66.0 Å². The topological polar surface area (TPSA) is 69.7 Å². The zero-order chi connectivity index (χ0) is 24.2. The monoisotopic (exact) mass is 495 g/mol. The minimum Gasteiger partial charge on any atom is -0.336 e. The molecular formula is C26H26ClN3O3S. The van der Waals surface area contributed by atoms with Crippen molar-refractivity contribution in [2.24, 2.45) is 5.92 Å². The number of carbonyl (C=O) groups excluding carboxylic acids is 3. The van der Waals surface area contributed by atoms with Gasteiger partial charge in [0.05, 0.1) is 29.2 Å². The van der Waals surface area contributed by atoms with Gasteiger partial charge in [0.1, 0.15) is 0 Å². The van der Waals surface area contributed by atoms with Gasteiger partial charge in [-0.3, -0.25) is 14.4 Å². The second-order valence-corrected chi connectivity index (χ2v) is 9.81. The van der Waals surface area contributed by atoms with E-state index in [2.05, 4.69) is 5.32 Å². The van der Waals surface area contributed by atoms with Crippen molar-refractivity contribution in [3.63, 3.8) is 0 Å². The standard InChI is InChI=1S/C26H26ClN3O3S/c1-17-9-11-18(12-10-17)30-24(32)14-13-19(25(30)22-8-5-15-34-22)26(33)29(2)16-23(31)28-21-7-4-3-6-20(21)27/h3-12,15,19,25H,13-14,16H2,1-2H3,(H,28,31)/t19-,25-/m1/s1. The highest BCUT2D eigenvalue weighted by molar-refractivity contribution is 7.10. The predicted molar refractivity (Wildman–Crippen MR) is 136 cm³/mol. The zero-order valence-corrected chi connectivity index (χ0v) is 20.6. The molecule has 0 bridgehead atoms. The number of amides is 3. The average Bonchev–Trinajstić information content (AvgIpc) is 3.35. The van der Waals surface area contributed by atoms with Gasteiger partial charge in [0.2, 0.25) is 17.7 Å². The Morgan fingerprint density at radius 3 is 2.53 bits per heavy atom. The highest BCUT2D eigenvalue weighted by Gasteiger charge is 2.43. The molecule has 0 saturated carbocycles. The fraction of sp³-hybridized carbons (Fsp3) is 0.269. The van der Waals surface area contributed by atoms with Crippen molar-refractivity contribution in [1.29, 1.82) is 0 Å². The molecule has 1 N–H and O–H groups in total. The van der Waals surface area contributed by atoms with Crippen LogP contribution in [-0.2, 0) is 14.4 Å². The molecule has 1 aromatic heterocycles. The molecule has 1 aliphatic heterocycles. The van der Waals surface area contributed by atoms with Crippen LogP contribution in [0.3, 0.4) is 0 Å². The van der Waals surface area contributed by atoms with E-state index in [1.54, 1.807) is 36.2 Å². The van der Waals surface area contributed by atoms with Gasteiger partial charge in [-0.15, -0.1) is 11.3 Å². The molecule has 176 valence electrons. The number of benzene rings is 2. The highest BCUT2D eigenvalue weighted by atomic mass is 35.5. The van der Waals surface area contributed by atoms with Crippen molar-refractivity contribution in [2.75, 3.05) is 23.8 Å². The number of nitrogens with zero attached hydrogens (tertiary/aromatic N) is 2. The Bertz CT molecular complexity index is 1180. The van der Waals surface area contributed by atoms with Crippen LogP contribution < -0.4 is 10.2 Å². The number of anilines is 2. The summed E-state index contributed by atoms with van der Waals surface area (Å²) in [5, 5.41) is 5.14. The molecular weight excluding hydrogens is 470 g/mol. The Hall–Kier alpha value is -3.16. The smallest absolute Gasteiger partial charge is 0.244 e. The van der Waals surface area contributed by atoms with Crippen LogP contribution in [0.2, 0.25) is 5.02 Å². The lowest BCUT2D eigenvalue weighted by atomic mass is 9.86. The van der Waals surface area contributed by atoms with Crippen molar-refractivity contribution >= 4 is 52.0 Å². The van der Waals surface area contributed by atoms with Crippen LogP contribution in [0.25, 0.3) is 0 Å². The van der Waals surface area contributed by atoms with Gasteiger partial charge in [-0.2, -0.15) is 0 Å². The number of hydrogen-bond acceptors (Lipinski definition) is 4. The number of para-hydroxylation sites is 1. The summed E-state index contributed by atoms with van der Waals surface area (Å²) in [6.45, 7) is 1.88. The molecule has 0 unspecified atom stereocenters. The third kappa shape index (κ3) is 5.16. The van der Waals surface area contributed by atoms with Gasteiger partial charge < -0.3 is 15.1 Å². The first kappa shape index (κ1) is 24.0. The Labute approximate surface area is 208 Å². The maximum absolute atomic E-state index is 13.6. The van der Waals surface area contributed by atoms with Gasteiger partial charge in [0.25, 0.3) is 0 Å². The van der Waals surface area contributed by atoms with Crippen LogP contribution in [0.4, 0.5) is 11.4 Å². The number of aryl methyl sites for hydroxylation is 1. The summed E-state index contributed by atoms with van der Waals surface area (Å²) in [6, 6.07) is 18.2. The van der Waals surface area contributed by atoms with Crippen LogP contribution in [0.5, 0.6) is 0 Å². The molecule has 1 fully saturated rings. The Balaban J connectivity index is 1.56. The Morgan fingerprint density at radius 2 is 1.85 bits per heavy atom. The molecule has 1 aliphatic rings. The third-order valence-corrected chi connectivity index (χ3v) is 7.24. The van der Waals surface area contributed by atoms with Crippen LogP contribution in [-0.4, -0.2) is 36.2 Å². The van der Waals surface area contributed by atoms with Gasteiger partial charge in [-0.1, -0.05) is 47.5 Å². The first-order valence-corrected chi connectivity index (χ1v) is 12.3. The molecule has 34 heavy (non-hydrogen) atoms. The molecule has 4 rings (SSSR count). The molecule has 2 aromatic carbocycles. The molecule has 0 radical (unpaired) electrons. The Morgan fingerprint density at radius 1 is 1.12 bits per heavy atom. The second-order valence-electron chi connectivity index (χ2n) is 8.43. The minimum atomic E-state index is -0.462. The summed E-state index contributed by atoms with van der Waals surface area (Å²) in [5.74, 6) is -0.975. The average molecular weight is 496 g/mol. The number of nitrogens with one attached hydrogen (secondary N) is 1. The van der Waals surface area contributed by atoms with Crippen molar-refractivity contribution in [1.82, 2.24) is 4.90 Å². The quantitative estimate of drug-likeness (QED) is 0.505. The molecule has 1 saturated heterocycles. The number of rotatable bonds is 6. The summed E-state index contributed by atoms with van der Waals surface area (Å²) in [4.78, 5) is 43.4. The summed E-state index contributed by atoms with van der Waals surface area (Å²) < 4.78 is 0. The fourth-order valence-electron chi connectivity index (χ4n) is 4.27. The minimum absolute atomic E-state index is 0.00887. The number of carbonyl (C=O) groups is 3. The first-order valence-electron chi connectivity index (χ1n) is 11.1. The van der Waals surface area contributed by atoms with Crippen molar-refractivity contribution in [3.8, 4) is 0 Å². The van der Waals surface area contributed by atoms with E-state index in [9.17, 15) is 14.4 Å². The van der Waals surface area contributed by atoms with Gasteiger partial charge >= 0.3 is 0 Å². The second kappa shape index (κ2) is 10.4. The van der Waals surface area contributed by atoms with Crippen LogP contribution in [0.1, 0.15) is 29.3 Å². The van der Waals surface area contributed by atoms with Crippen molar-refractivity contribution in [3.05, 3.63) is 81.5 Å². The maximum atomic E-state index is 13.6. The van der Waals surface area contributed by atoms with Gasteiger partial charge in [-0.25, -0.2) is 0 Å². The summed E-state index contributed by atoms with van der Waals surface area (Å²) in [6.07, 6.45) is 0.699. The number of halogens is 1. The lowest BCUT2D eigenvalue weighted by Gasteiger charge is -2.41. The fourth-order valence-corrected chi connectivity index (χ4v) is 5.34. The lowest BCUT2D eigenvalue weighted by Crippen LogP contribution is -2.49. The van der Waals surface area contributed by atoms with E-state index >= 15 is 0 Å². The van der Waals surface area contributed by atoms with E-state index in [1.807, 2.05) is 48.7 Å². The molecule has 0 aliphatic carbocycles. The number of thiophene rings is 1. The summed E-state index contributed by atoms with van der Waals surface area (Å²) >= 11 is 7.66. The van der Waals surface area contributed by atoms with Gasteiger partial charge in [0.15, 0.2) is 0 Å². The molecule has 3 aromatic rings. The number of piperidine rings is 1.